The highest BCUT2D eigenvalue weighted by Gasteiger charge is 2.37. The van der Waals surface area contributed by atoms with Crippen LogP contribution in [0.1, 0.15) is 34.1 Å². The minimum atomic E-state index is -1.73. The molecule has 0 amide bonds. The Morgan fingerprint density at radius 1 is 1.33 bits per heavy atom. The topological polar surface area (TPSA) is 35.5 Å². The minimum absolute atomic E-state index is 0.202. The number of esters is 1. The van der Waals surface area contributed by atoms with Gasteiger partial charge in [-0.1, -0.05) is 26.8 Å². The molecule has 0 unspecified atom stereocenters. The lowest BCUT2D eigenvalue weighted by Crippen LogP contribution is -2.42. The van der Waals surface area contributed by atoms with Gasteiger partial charge in [-0.15, -0.1) is 6.58 Å². The maximum atomic E-state index is 10.8. The number of hydrogen-bond acceptors (Lipinski definition) is 3. The molecule has 0 N–H and O–H groups in total. The summed E-state index contributed by atoms with van der Waals surface area (Å²) in [7, 11) is -1.73. The Morgan fingerprint density at radius 2 is 1.89 bits per heavy atom. The Bertz CT molecular complexity index is 279. The number of ether oxygens (including phenoxy) is 1. The van der Waals surface area contributed by atoms with Gasteiger partial charge in [0, 0.05) is 19.4 Å². The first-order valence-corrected chi connectivity index (χ1v) is 9.39. The molecule has 0 aliphatic heterocycles. The number of rotatable bonds is 7. The van der Waals surface area contributed by atoms with Crippen molar-refractivity contribution in [2.45, 2.75) is 52.2 Å². The summed E-state index contributed by atoms with van der Waals surface area (Å²) >= 11 is 0. The summed E-state index contributed by atoms with van der Waals surface area (Å²) in [5.74, 6) is -0.0306. The van der Waals surface area contributed by atoms with Crippen molar-refractivity contribution in [1.29, 1.82) is 0 Å². The average molecular weight is 272 g/mol. The van der Waals surface area contributed by atoms with E-state index in [-0.39, 0.29) is 16.9 Å². The van der Waals surface area contributed by atoms with Crippen LogP contribution >= 0.6 is 0 Å². The van der Waals surface area contributed by atoms with Crippen LogP contribution in [0.3, 0.4) is 0 Å². The predicted molar refractivity (Wildman–Crippen MR) is 78.1 cm³/mol. The van der Waals surface area contributed by atoms with Crippen LogP contribution in [0.4, 0.5) is 0 Å². The molecule has 1 atom stereocenters. The van der Waals surface area contributed by atoms with Gasteiger partial charge in [0.2, 0.25) is 0 Å². The van der Waals surface area contributed by atoms with Crippen LogP contribution in [0.25, 0.3) is 0 Å². The van der Waals surface area contributed by atoms with E-state index < -0.39 is 8.32 Å². The van der Waals surface area contributed by atoms with Gasteiger partial charge in [0.05, 0.1) is 6.61 Å². The molecule has 0 radical (unpaired) electrons. The summed E-state index contributed by atoms with van der Waals surface area (Å²) in [4.78, 5) is 10.8. The van der Waals surface area contributed by atoms with E-state index >= 15 is 0 Å². The molecular formula is C14H28O3Si. The van der Waals surface area contributed by atoms with Crippen LogP contribution in [0.15, 0.2) is 12.7 Å². The summed E-state index contributed by atoms with van der Waals surface area (Å²) in [6, 6.07) is 0. The van der Waals surface area contributed by atoms with Crippen molar-refractivity contribution >= 4 is 14.3 Å². The quantitative estimate of drug-likeness (QED) is 0.402. The van der Waals surface area contributed by atoms with E-state index in [1.807, 2.05) is 6.08 Å². The first kappa shape index (κ1) is 17.4. The zero-order valence-corrected chi connectivity index (χ0v) is 13.7. The zero-order valence-electron chi connectivity index (χ0n) is 12.7. The fourth-order valence-corrected chi connectivity index (χ4v) is 2.28. The highest BCUT2D eigenvalue weighted by atomic mass is 28.4. The molecule has 106 valence electrons. The van der Waals surface area contributed by atoms with Gasteiger partial charge in [-0.2, -0.15) is 0 Å². The van der Waals surface area contributed by atoms with Crippen LogP contribution in [0.2, 0.25) is 18.1 Å². The van der Waals surface area contributed by atoms with Crippen LogP contribution in [-0.4, -0.2) is 27.5 Å². The lowest BCUT2D eigenvalue weighted by atomic mass is 10.1. The van der Waals surface area contributed by atoms with Gasteiger partial charge < -0.3 is 9.16 Å². The zero-order chi connectivity index (χ0) is 14.4. The summed E-state index contributed by atoms with van der Waals surface area (Å²) in [6.07, 6.45) is 2.66. The maximum absolute atomic E-state index is 10.8. The molecule has 0 aliphatic carbocycles. The number of carbonyl (C=O) groups is 1. The normalized spacial score (nSPS) is 14.1. The SMILES string of the molecule is C=CC[C@@H](COC(C)=O)CO[Si](C)(C)C(C)(C)C. The van der Waals surface area contributed by atoms with Gasteiger partial charge in [-0.05, 0) is 24.6 Å². The standard InChI is InChI=1S/C14H28O3Si/c1-8-9-13(10-16-12(2)15)11-17-18(6,7)14(3,4)5/h8,13H,1,9-11H2,2-7H3/t13-/m0/s1. The monoisotopic (exact) mass is 272 g/mol. The molecule has 0 bridgehead atoms. The fraction of sp³-hybridized carbons (Fsp3) is 0.786. The van der Waals surface area contributed by atoms with E-state index in [0.29, 0.717) is 13.2 Å². The third-order valence-electron chi connectivity index (χ3n) is 3.51. The molecule has 0 aliphatic rings. The number of allylic oxidation sites excluding steroid dienone is 1. The highest BCUT2D eigenvalue weighted by molar-refractivity contribution is 6.74. The molecule has 4 heteroatoms. The van der Waals surface area contributed by atoms with E-state index in [1.54, 1.807) is 0 Å². The molecule has 0 aromatic rings. The van der Waals surface area contributed by atoms with E-state index in [2.05, 4.69) is 40.4 Å². The van der Waals surface area contributed by atoms with Crippen LogP contribution in [0, 0.1) is 5.92 Å². The molecule has 0 aromatic heterocycles. The van der Waals surface area contributed by atoms with E-state index in [0.717, 1.165) is 6.42 Å². The van der Waals surface area contributed by atoms with Gasteiger partial charge in [-0.25, -0.2) is 0 Å². The summed E-state index contributed by atoms with van der Waals surface area (Å²) in [5, 5.41) is 0.202. The Labute approximate surface area is 113 Å². The molecule has 3 nitrogen and oxygen atoms in total. The van der Waals surface area contributed by atoms with Gasteiger partial charge >= 0.3 is 5.97 Å². The lowest BCUT2D eigenvalue weighted by Gasteiger charge is -2.37. The van der Waals surface area contributed by atoms with Gasteiger partial charge in [-0.3, -0.25) is 4.79 Å². The first-order valence-electron chi connectivity index (χ1n) is 6.48. The van der Waals surface area contributed by atoms with Gasteiger partial charge in [0.25, 0.3) is 0 Å². The van der Waals surface area contributed by atoms with Crippen molar-refractivity contribution in [3.63, 3.8) is 0 Å². The van der Waals surface area contributed by atoms with Crippen LogP contribution in [0.5, 0.6) is 0 Å². The molecule has 0 heterocycles. The number of hydrogen-bond donors (Lipinski definition) is 0. The van der Waals surface area contributed by atoms with Crippen molar-refractivity contribution in [1.82, 2.24) is 0 Å². The molecule has 0 saturated carbocycles. The van der Waals surface area contributed by atoms with Crippen molar-refractivity contribution in [3.8, 4) is 0 Å². The Balaban J connectivity index is 4.34. The minimum Gasteiger partial charge on any atom is -0.465 e. The average Bonchev–Trinajstić information content (AvgIpc) is 2.20. The molecule has 0 fully saturated rings. The molecule has 0 spiro atoms. The molecular weight excluding hydrogens is 244 g/mol. The Hall–Kier alpha value is -0.613. The third kappa shape index (κ3) is 6.35. The Kier molecular flexibility index (Phi) is 6.85. The molecule has 0 rings (SSSR count). The van der Waals surface area contributed by atoms with E-state index in [9.17, 15) is 4.79 Å². The second kappa shape index (κ2) is 7.09. The largest absolute Gasteiger partial charge is 0.465 e. The molecule has 0 aromatic carbocycles. The molecule has 0 saturated heterocycles. The summed E-state index contributed by atoms with van der Waals surface area (Å²) < 4.78 is 11.2. The van der Waals surface area contributed by atoms with E-state index in [1.165, 1.54) is 6.92 Å². The third-order valence-corrected chi connectivity index (χ3v) is 8.01. The Morgan fingerprint density at radius 3 is 2.28 bits per heavy atom. The van der Waals surface area contributed by atoms with Crippen molar-refractivity contribution < 1.29 is 14.0 Å². The van der Waals surface area contributed by atoms with Crippen molar-refractivity contribution in [2.24, 2.45) is 5.92 Å². The fourth-order valence-electron chi connectivity index (χ4n) is 1.20. The summed E-state index contributed by atoms with van der Waals surface area (Å²) in [5.41, 5.74) is 0. The maximum Gasteiger partial charge on any atom is 0.302 e. The van der Waals surface area contributed by atoms with Gasteiger partial charge in [0.15, 0.2) is 8.32 Å². The second-order valence-electron chi connectivity index (χ2n) is 6.26. The molecule has 18 heavy (non-hydrogen) atoms. The van der Waals surface area contributed by atoms with Gasteiger partial charge in [0.1, 0.15) is 0 Å². The number of carbonyl (C=O) groups excluding carboxylic acids is 1. The first-order chi connectivity index (χ1) is 8.10. The van der Waals surface area contributed by atoms with Crippen LogP contribution < -0.4 is 0 Å². The second-order valence-corrected chi connectivity index (χ2v) is 11.1. The lowest BCUT2D eigenvalue weighted by molar-refractivity contribution is -0.142. The van der Waals surface area contributed by atoms with E-state index in [4.69, 9.17) is 9.16 Å². The van der Waals surface area contributed by atoms with Crippen LogP contribution in [-0.2, 0) is 14.0 Å². The summed E-state index contributed by atoms with van der Waals surface area (Å²) in [6.45, 7) is 17.3. The highest BCUT2D eigenvalue weighted by Crippen LogP contribution is 2.36. The van der Waals surface area contributed by atoms with Crippen molar-refractivity contribution in [3.05, 3.63) is 12.7 Å². The van der Waals surface area contributed by atoms with Crippen molar-refractivity contribution in [2.75, 3.05) is 13.2 Å². The predicted octanol–water partition coefficient (Wildman–Crippen LogP) is 3.76. The smallest absolute Gasteiger partial charge is 0.302 e.